The Balaban J connectivity index is 1.63. The van der Waals surface area contributed by atoms with Crippen LogP contribution in [0.2, 0.25) is 5.02 Å². The largest absolute Gasteiger partial charge is 0.326 e. The van der Waals surface area contributed by atoms with Crippen molar-refractivity contribution < 1.29 is 4.39 Å². The van der Waals surface area contributed by atoms with Gasteiger partial charge in [-0.25, -0.2) is 4.39 Å². The molecule has 3 atom stereocenters. The maximum absolute atomic E-state index is 14.0. The summed E-state index contributed by atoms with van der Waals surface area (Å²) in [6, 6.07) is 13.7. The predicted molar refractivity (Wildman–Crippen MR) is 96.5 cm³/mol. The quantitative estimate of drug-likeness (QED) is 0.902. The molecule has 2 fully saturated rings. The van der Waals surface area contributed by atoms with E-state index >= 15 is 0 Å². The molecule has 0 spiro atoms. The maximum Gasteiger partial charge on any atom is 0.141 e. The molecule has 0 amide bonds. The van der Waals surface area contributed by atoms with Gasteiger partial charge in [0.1, 0.15) is 11.9 Å². The van der Waals surface area contributed by atoms with Gasteiger partial charge in [0.2, 0.25) is 0 Å². The van der Waals surface area contributed by atoms with E-state index in [2.05, 4.69) is 4.90 Å². The van der Waals surface area contributed by atoms with Crippen LogP contribution in [-0.4, -0.2) is 23.0 Å². The normalized spacial score (nSPS) is 25.3. The van der Waals surface area contributed by atoms with E-state index in [-0.39, 0.29) is 11.6 Å². The lowest BCUT2D eigenvalue weighted by molar-refractivity contribution is 0.239. The summed E-state index contributed by atoms with van der Waals surface area (Å²) in [5.74, 6) is -0.523. The van der Waals surface area contributed by atoms with Crippen LogP contribution in [0.4, 0.5) is 4.39 Å². The Morgan fingerprint density at radius 1 is 1.24 bits per heavy atom. The van der Waals surface area contributed by atoms with Gasteiger partial charge in [-0.3, -0.25) is 4.90 Å². The van der Waals surface area contributed by atoms with Crippen LogP contribution in [0.5, 0.6) is 0 Å². The number of hydrogen-bond donors (Lipinski definition) is 1. The van der Waals surface area contributed by atoms with Gasteiger partial charge in [0.15, 0.2) is 0 Å². The number of rotatable bonds is 3. The van der Waals surface area contributed by atoms with Gasteiger partial charge in [-0.15, -0.1) is 0 Å². The fourth-order valence-corrected chi connectivity index (χ4v) is 4.50. The first-order valence-corrected chi connectivity index (χ1v) is 8.94. The lowest BCUT2D eigenvalue weighted by Gasteiger charge is -2.23. The predicted octanol–water partition coefficient (Wildman–Crippen LogP) is 4.08. The molecule has 2 aromatic rings. The Morgan fingerprint density at radius 2 is 2.08 bits per heavy atom. The summed E-state index contributed by atoms with van der Waals surface area (Å²) < 4.78 is 14.0. The molecule has 0 radical (unpaired) electrons. The third-order valence-electron chi connectivity index (χ3n) is 5.53. The molecule has 2 aliphatic heterocycles. The van der Waals surface area contributed by atoms with E-state index in [0.717, 1.165) is 24.1 Å². The molecule has 2 saturated heterocycles. The van der Waals surface area contributed by atoms with Crippen LogP contribution in [-0.2, 0) is 6.54 Å². The molecule has 2 aliphatic rings. The van der Waals surface area contributed by atoms with Gasteiger partial charge in [-0.2, -0.15) is 5.26 Å². The molecule has 2 heterocycles. The van der Waals surface area contributed by atoms with Crippen LogP contribution in [0.1, 0.15) is 30.4 Å². The molecule has 2 bridgehead atoms. The van der Waals surface area contributed by atoms with Crippen molar-refractivity contribution in [3.8, 4) is 17.2 Å². The summed E-state index contributed by atoms with van der Waals surface area (Å²) >= 11 is 6.35. The van der Waals surface area contributed by atoms with Crippen molar-refractivity contribution >= 4 is 11.6 Å². The number of benzene rings is 2. The summed E-state index contributed by atoms with van der Waals surface area (Å²) in [6.45, 7) is 0.839. The summed E-state index contributed by atoms with van der Waals surface area (Å²) in [6.07, 6.45) is 3.47. The SMILES string of the molecule is N#Cc1ccc(-c2cc(CN3[C@@H]4CC[C@H]3[C@@H](N)C4)ccc2Cl)cc1F. The van der Waals surface area contributed by atoms with Crippen LogP contribution < -0.4 is 5.73 Å². The van der Waals surface area contributed by atoms with Gasteiger partial charge in [0.05, 0.1) is 5.56 Å². The Labute approximate surface area is 151 Å². The molecule has 128 valence electrons. The molecule has 0 saturated carbocycles. The lowest BCUT2D eigenvalue weighted by Crippen LogP contribution is -2.36. The highest BCUT2D eigenvalue weighted by Crippen LogP contribution is 2.38. The zero-order chi connectivity index (χ0) is 17.6. The number of halogens is 2. The highest BCUT2D eigenvalue weighted by Gasteiger charge is 2.44. The van der Waals surface area contributed by atoms with Gasteiger partial charge in [-0.05, 0) is 54.7 Å². The van der Waals surface area contributed by atoms with E-state index in [1.807, 2.05) is 24.3 Å². The zero-order valence-electron chi connectivity index (χ0n) is 13.8. The Bertz CT molecular complexity index is 861. The molecule has 25 heavy (non-hydrogen) atoms. The smallest absolute Gasteiger partial charge is 0.141 e. The minimum absolute atomic E-state index is 0.0404. The average Bonchev–Trinajstić information content (AvgIpc) is 3.12. The van der Waals surface area contributed by atoms with Crippen molar-refractivity contribution in [1.82, 2.24) is 4.90 Å². The van der Waals surface area contributed by atoms with Gasteiger partial charge < -0.3 is 5.73 Å². The second kappa shape index (κ2) is 6.42. The molecule has 2 N–H and O–H groups in total. The fourth-order valence-electron chi connectivity index (χ4n) is 4.27. The van der Waals surface area contributed by atoms with Crippen LogP contribution in [0.3, 0.4) is 0 Å². The van der Waals surface area contributed by atoms with Crippen molar-refractivity contribution in [2.75, 3.05) is 0 Å². The standard InChI is InChI=1S/C20H19ClFN3/c21-17-5-1-12(11-25-15-4-6-20(25)19(24)9-15)7-16(17)13-2-3-14(10-23)18(22)8-13/h1-3,5,7-8,15,19-20H,4,6,9,11,24H2/t15-,19+,20+/m1/s1. The molecule has 2 aromatic carbocycles. The number of nitriles is 1. The molecule has 0 unspecified atom stereocenters. The number of nitrogens with two attached hydrogens (primary N) is 1. The van der Waals surface area contributed by atoms with Crippen LogP contribution in [0.25, 0.3) is 11.1 Å². The topological polar surface area (TPSA) is 53.0 Å². The number of fused-ring (bicyclic) bond motifs is 2. The monoisotopic (exact) mass is 355 g/mol. The molecule has 5 heteroatoms. The van der Waals surface area contributed by atoms with E-state index in [0.29, 0.717) is 22.7 Å². The minimum atomic E-state index is -0.523. The van der Waals surface area contributed by atoms with Gasteiger partial charge in [0.25, 0.3) is 0 Å². The molecular weight excluding hydrogens is 337 g/mol. The first kappa shape index (κ1) is 16.5. The Kier molecular flexibility index (Phi) is 4.24. The van der Waals surface area contributed by atoms with Crippen LogP contribution >= 0.6 is 11.6 Å². The van der Waals surface area contributed by atoms with Gasteiger partial charge in [0, 0.05) is 35.3 Å². The molecular formula is C20H19ClFN3. The Morgan fingerprint density at radius 3 is 2.72 bits per heavy atom. The third kappa shape index (κ3) is 2.93. The van der Waals surface area contributed by atoms with E-state index in [1.54, 1.807) is 6.07 Å². The highest BCUT2D eigenvalue weighted by molar-refractivity contribution is 6.33. The number of nitrogens with zero attached hydrogens (tertiary/aromatic N) is 2. The first-order chi connectivity index (χ1) is 12.1. The van der Waals surface area contributed by atoms with Crippen LogP contribution in [0.15, 0.2) is 36.4 Å². The molecule has 3 nitrogen and oxygen atoms in total. The molecule has 0 aliphatic carbocycles. The third-order valence-corrected chi connectivity index (χ3v) is 5.86. The fraction of sp³-hybridized carbons (Fsp3) is 0.350. The van der Waals surface area contributed by atoms with E-state index in [9.17, 15) is 4.39 Å². The highest BCUT2D eigenvalue weighted by atomic mass is 35.5. The van der Waals surface area contributed by atoms with E-state index in [1.165, 1.54) is 25.0 Å². The van der Waals surface area contributed by atoms with Gasteiger partial charge in [-0.1, -0.05) is 23.7 Å². The molecule has 0 aromatic heterocycles. The van der Waals surface area contributed by atoms with Crippen LogP contribution in [0, 0.1) is 17.1 Å². The minimum Gasteiger partial charge on any atom is -0.326 e. The zero-order valence-corrected chi connectivity index (χ0v) is 14.5. The second-order valence-electron chi connectivity index (χ2n) is 6.99. The van der Waals surface area contributed by atoms with E-state index < -0.39 is 5.82 Å². The van der Waals surface area contributed by atoms with Gasteiger partial charge >= 0.3 is 0 Å². The lowest BCUT2D eigenvalue weighted by atomic mass is 9.96. The van der Waals surface area contributed by atoms with Crippen molar-refractivity contribution in [2.45, 2.75) is 43.9 Å². The summed E-state index contributed by atoms with van der Waals surface area (Å²) in [5, 5.41) is 9.46. The molecule has 4 rings (SSSR count). The maximum atomic E-state index is 14.0. The average molecular weight is 356 g/mol. The van der Waals surface area contributed by atoms with E-state index in [4.69, 9.17) is 22.6 Å². The van der Waals surface area contributed by atoms with Crippen molar-refractivity contribution in [3.63, 3.8) is 0 Å². The van der Waals surface area contributed by atoms with Crippen molar-refractivity contribution in [1.29, 1.82) is 5.26 Å². The second-order valence-corrected chi connectivity index (χ2v) is 7.40. The summed E-state index contributed by atoms with van der Waals surface area (Å²) in [7, 11) is 0. The summed E-state index contributed by atoms with van der Waals surface area (Å²) in [4.78, 5) is 2.50. The summed E-state index contributed by atoms with van der Waals surface area (Å²) in [5.41, 5.74) is 8.89. The Hall–Kier alpha value is -1.93. The number of hydrogen-bond acceptors (Lipinski definition) is 3. The first-order valence-electron chi connectivity index (χ1n) is 8.56. The van der Waals surface area contributed by atoms with Crippen molar-refractivity contribution in [3.05, 3.63) is 58.4 Å². The van der Waals surface area contributed by atoms with Crippen molar-refractivity contribution in [2.24, 2.45) is 5.73 Å².